The second kappa shape index (κ2) is 5.89. The maximum atomic E-state index is 10.4. The molecule has 4 nitrogen and oxygen atoms in total. The van der Waals surface area contributed by atoms with Gasteiger partial charge in [0, 0.05) is 6.54 Å². The van der Waals surface area contributed by atoms with Crippen molar-refractivity contribution in [1.29, 1.82) is 0 Å². The van der Waals surface area contributed by atoms with Crippen molar-refractivity contribution in [3.63, 3.8) is 0 Å². The molecule has 1 heterocycles. The van der Waals surface area contributed by atoms with Gasteiger partial charge in [0.15, 0.2) is 0 Å². The monoisotopic (exact) mass is 207 g/mol. The number of rotatable bonds is 6. The maximum Gasteiger partial charge on any atom is 0.304 e. The fourth-order valence-corrected chi connectivity index (χ4v) is 1.22. The highest BCUT2D eigenvalue weighted by Crippen LogP contribution is 2.05. The molecule has 1 aromatic rings. The molecular formula is C11H13NO3. The van der Waals surface area contributed by atoms with Crippen LogP contribution in [0.4, 0.5) is 0 Å². The zero-order valence-corrected chi connectivity index (χ0v) is 8.35. The van der Waals surface area contributed by atoms with Gasteiger partial charge >= 0.3 is 5.97 Å². The van der Waals surface area contributed by atoms with E-state index < -0.39 is 5.97 Å². The second-order valence-corrected chi connectivity index (χ2v) is 3.14. The molecule has 0 saturated carbocycles. The number of nitrogens with zero attached hydrogens (tertiary/aromatic N) is 1. The molecule has 0 amide bonds. The molecule has 15 heavy (non-hydrogen) atoms. The summed E-state index contributed by atoms with van der Waals surface area (Å²) in [5.41, 5.74) is 0. The summed E-state index contributed by atoms with van der Waals surface area (Å²) in [5, 5.41) is 8.55. The number of carboxylic acid groups (broad SMARTS) is 1. The Bertz CT molecular complexity index is 337. The molecule has 0 spiro atoms. The SMILES string of the molecule is C#CCN(CCC(=O)O)Cc1ccco1. The first-order valence-corrected chi connectivity index (χ1v) is 4.62. The summed E-state index contributed by atoms with van der Waals surface area (Å²) in [6.07, 6.45) is 6.86. The van der Waals surface area contributed by atoms with E-state index >= 15 is 0 Å². The van der Waals surface area contributed by atoms with Gasteiger partial charge in [-0.25, -0.2) is 0 Å². The molecule has 0 aliphatic heterocycles. The first-order chi connectivity index (χ1) is 7.22. The van der Waals surface area contributed by atoms with Crippen LogP contribution in [0.5, 0.6) is 0 Å². The second-order valence-electron chi connectivity index (χ2n) is 3.14. The maximum absolute atomic E-state index is 10.4. The number of furan rings is 1. The van der Waals surface area contributed by atoms with Crippen molar-refractivity contribution in [2.45, 2.75) is 13.0 Å². The third-order valence-corrected chi connectivity index (χ3v) is 1.92. The summed E-state index contributed by atoms with van der Waals surface area (Å²) in [4.78, 5) is 12.3. The topological polar surface area (TPSA) is 53.7 Å². The summed E-state index contributed by atoms with van der Waals surface area (Å²) in [7, 11) is 0. The standard InChI is InChI=1S/C11H13NO3/c1-2-6-12(7-5-11(13)14)9-10-4-3-8-15-10/h1,3-4,8H,5-7,9H2,(H,13,14). The molecule has 0 aliphatic rings. The van der Waals surface area contributed by atoms with Gasteiger partial charge in [0.2, 0.25) is 0 Å². The third-order valence-electron chi connectivity index (χ3n) is 1.92. The van der Waals surface area contributed by atoms with Crippen LogP contribution in [0.25, 0.3) is 0 Å². The van der Waals surface area contributed by atoms with E-state index in [1.165, 1.54) is 0 Å². The first kappa shape index (κ1) is 11.3. The summed E-state index contributed by atoms with van der Waals surface area (Å²) >= 11 is 0. The largest absolute Gasteiger partial charge is 0.481 e. The van der Waals surface area contributed by atoms with E-state index in [2.05, 4.69) is 5.92 Å². The molecule has 80 valence electrons. The highest BCUT2D eigenvalue weighted by Gasteiger charge is 2.08. The quantitative estimate of drug-likeness (QED) is 0.712. The summed E-state index contributed by atoms with van der Waals surface area (Å²) in [6, 6.07) is 3.63. The van der Waals surface area contributed by atoms with Crippen LogP contribution < -0.4 is 0 Å². The smallest absolute Gasteiger partial charge is 0.304 e. The van der Waals surface area contributed by atoms with Crippen LogP contribution in [0.3, 0.4) is 0 Å². The number of hydrogen-bond donors (Lipinski definition) is 1. The van der Waals surface area contributed by atoms with Gasteiger partial charge in [0.1, 0.15) is 5.76 Å². The molecule has 1 rings (SSSR count). The van der Waals surface area contributed by atoms with Crippen molar-refractivity contribution in [3.05, 3.63) is 24.2 Å². The molecular weight excluding hydrogens is 194 g/mol. The molecule has 1 aromatic heterocycles. The number of carboxylic acids is 1. The van der Waals surface area contributed by atoms with E-state index in [0.717, 1.165) is 5.76 Å². The Hall–Kier alpha value is -1.73. The Morgan fingerprint density at radius 2 is 2.47 bits per heavy atom. The Labute approximate surface area is 88.5 Å². The van der Waals surface area contributed by atoms with Crippen molar-refractivity contribution in [3.8, 4) is 12.3 Å². The van der Waals surface area contributed by atoms with Gasteiger partial charge in [0.05, 0.1) is 25.8 Å². The van der Waals surface area contributed by atoms with E-state index in [0.29, 0.717) is 19.6 Å². The van der Waals surface area contributed by atoms with E-state index in [1.54, 1.807) is 12.3 Å². The Kier molecular flexibility index (Phi) is 4.45. The van der Waals surface area contributed by atoms with Crippen LogP contribution in [0.15, 0.2) is 22.8 Å². The lowest BCUT2D eigenvalue weighted by Gasteiger charge is -2.16. The van der Waals surface area contributed by atoms with Crippen LogP contribution in [0, 0.1) is 12.3 Å². The molecule has 0 aromatic carbocycles. The van der Waals surface area contributed by atoms with E-state index in [4.69, 9.17) is 15.9 Å². The lowest BCUT2D eigenvalue weighted by Crippen LogP contribution is -2.26. The van der Waals surface area contributed by atoms with E-state index in [9.17, 15) is 4.79 Å². The molecule has 0 bridgehead atoms. The number of aliphatic carboxylic acids is 1. The van der Waals surface area contributed by atoms with Crippen molar-refractivity contribution in [2.75, 3.05) is 13.1 Å². The van der Waals surface area contributed by atoms with Gasteiger partial charge in [-0.05, 0) is 12.1 Å². The minimum atomic E-state index is -0.823. The predicted molar refractivity (Wildman–Crippen MR) is 55.1 cm³/mol. The molecule has 1 N–H and O–H groups in total. The minimum absolute atomic E-state index is 0.0857. The van der Waals surface area contributed by atoms with Crippen molar-refractivity contribution in [2.24, 2.45) is 0 Å². The lowest BCUT2D eigenvalue weighted by atomic mass is 10.3. The minimum Gasteiger partial charge on any atom is -0.481 e. The molecule has 0 aliphatic carbocycles. The molecule has 0 unspecified atom stereocenters. The Morgan fingerprint density at radius 3 is 3.00 bits per heavy atom. The summed E-state index contributed by atoms with van der Waals surface area (Å²) in [5.74, 6) is 2.46. The molecule has 0 atom stereocenters. The average Bonchev–Trinajstić information content (AvgIpc) is 2.67. The van der Waals surface area contributed by atoms with Gasteiger partial charge < -0.3 is 9.52 Å². The van der Waals surface area contributed by atoms with Crippen LogP contribution in [-0.2, 0) is 11.3 Å². The number of carbonyl (C=O) groups is 1. The van der Waals surface area contributed by atoms with Gasteiger partial charge in [-0.2, -0.15) is 0 Å². The lowest BCUT2D eigenvalue weighted by molar-refractivity contribution is -0.137. The van der Waals surface area contributed by atoms with Crippen molar-refractivity contribution >= 4 is 5.97 Å². The zero-order chi connectivity index (χ0) is 11.1. The van der Waals surface area contributed by atoms with Crippen LogP contribution in [0.2, 0.25) is 0 Å². The molecule has 4 heteroatoms. The first-order valence-electron chi connectivity index (χ1n) is 4.62. The highest BCUT2D eigenvalue weighted by molar-refractivity contribution is 5.66. The van der Waals surface area contributed by atoms with Gasteiger partial charge in [-0.3, -0.25) is 9.69 Å². The van der Waals surface area contributed by atoms with Gasteiger partial charge in [0.25, 0.3) is 0 Å². The normalized spacial score (nSPS) is 10.1. The van der Waals surface area contributed by atoms with Crippen LogP contribution >= 0.6 is 0 Å². The van der Waals surface area contributed by atoms with Crippen LogP contribution in [0.1, 0.15) is 12.2 Å². The van der Waals surface area contributed by atoms with Crippen molar-refractivity contribution < 1.29 is 14.3 Å². The molecule has 0 radical (unpaired) electrons. The molecule has 0 saturated heterocycles. The summed E-state index contributed by atoms with van der Waals surface area (Å²) in [6.45, 7) is 1.40. The Morgan fingerprint density at radius 1 is 1.67 bits per heavy atom. The average molecular weight is 207 g/mol. The zero-order valence-electron chi connectivity index (χ0n) is 8.35. The van der Waals surface area contributed by atoms with E-state index in [1.807, 2.05) is 11.0 Å². The fraction of sp³-hybridized carbons (Fsp3) is 0.364. The number of hydrogen-bond acceptors (Lipinski definition) is 3. The van der Waals surface area contributed by atoms with Gasteiger partial charge in [-0.15, -0.1) is 6.42 Å². The van der Waals surface area contributed by atoms with Crippen LogP contribution in [-0.4, -0.2) is 29.1 Å². The van der Waals surface area contributed by atoms with E-state index in [-0.39, 0.29) is 6.42 Å². The third kappa shape index (κ3) is 4.34. The van der Waals surface area contributed by atoms with Crippen molar-refractivity contribution in [1.82, 2.24) is 4.90 Å². The van der Waals surface area contributed by atoms with Gasteiger partial charge in [-0.1, -0.05) is 5.92 Å². The summed E-state index contributed by atoms with van der Waals surface area (Å²) < 4.78 is 5.16. The highest BCUT2D eigenvalue weighted by atomic mass is 16.4. The fourth-order valence-electron chi connectivity index (χ4n) is 1.22. The predicted octanol–water partition coefficient (Wildman–Crippen LogP) is 1.19. The number of terminal acetylenes is 1. The Balaban J connectivity index is 2.44. The molecule has 0 fully saturated rings.